The molecule has 3 heteroatoms. The van der Waals surface area contributed by atoms with Crippen LogP contribution in [0.2, 0.25) is 0 Å². The summed E-state index contributed by atoms with van der Waals surface area (Å²) in [6.45, 7) is 3.87. The third-order valence-electron chi connectivity index (χ3n) is 3.86. The van der Waals surface area contributed by atoms with Gasteiger partial charge in [-0.05, 0) is 43.9 Å². The molecule has 1 aliphatic carbocycles. The maximum atomic E-state index is 11.9. The molecule has 1 aromatic rings. The minimum Gasteiger partial charge on any atom is -0.469 e. The van der Waals surface area contributed by atoms with Gasteiger partial charge in [-0.15, -0.1) is 0 Å². The van der Waals surface area contributed by atoms with Gasteiger partial charge in [-0.3, -0.25) is 4.79 Å². The summed E-state index contributed by atoms with van der Waals surface area (Å²) < 4.78 is 4.90. The number of hydrogen-bond donors (Lipinski definition) is 1. The number of aryl methyl sites for hydroxylation is 1. The zero-order valence-corrected chi connectivity index (χ0v) is 10.6. The van der Waals surface area contributed by atoms with Crippen LogP contribution >= 0.6 is 0 Å². The molecule has 0 aliphatic heterocycles. The fraction of sp³-hybridized carbons (Fsp3) is 0.500. The lowest BCUT2D eigenvalue weighted by Crippen LogP contribution is -2.32. The first-order valence-electron chi connectivity index (χ1n) is 5.94. The molecule has 2 rings (SSSR count). The molecule has 2 N–H and O–H groups in total. The summed E-state index contributed by atoms with van der Waals surface area (Å²) in [7, 11) is 1.44. The van der Waals surface area contributed by atoms with E-state index < -0.39 is 5.41 Å². The second-order valence-electron chi connectivity index (χ2n) is 5.22. The molecule has 0 saturated carbocycles. The smallest absolute Gasteiger partial charge is 0.311 e. The highest BCUT2D eigenvalue weighted by Crippen LogP contribution is 2.47. The molecule has 0 bridgehead atoms. The standard InChI is InChI=1S/C14H19NO2/c1-14(2,13(16)17-3)10-8-7-9-5-4-6-11(15)12(9)10/h4-6,10H,7-8,15H2,1-3H3. The fourth-order valence-corrected chi connectivity index (χ4v) is 2.85. The lowest BCUT2D eigenvalue weighted by Gasteiger charge is -2.30. The van der Waals surface area contributed by atoms with Gasteiger partial charge in [0.15, 0.2) is 0 Å². The van der Waals surface area contributed by atoms with E-state index >= 15 is 0 Å². The summed E-state index contributed by atoms with van der Waals surface area (Å²) in [5, 5.41) is 0. The van der Waals surface area contributed by atoms with E-state index in [1.165, 1.54) is 12.7 Å². The summed E-state index contributed by atoms with van der Waals surface area (Å²) in [5.41, 5.74) is 8.74. The van der Waals surface area contributed by atoms with E-state index in [1.54, 1.807) is 0 Å². The summed E-state index contributed by atoms with van der Waals surface area (Å²) in [6.07, 6.45) is 1.96. The molecule has 0 saturated heterocycles. The normalized spacial score (nSPS) is 18.9. The van der Waals surface area contributed by atoms with Crippen molar-refractivity contribution in [2.75, 3.05) is 12.8 Å². The first-order valence-corrected chi connectivity index (χ1v) is 5.94. The van der Waals surface area contributed by atoms with Gasteiger partial charge >= 0.3 is 5.97 Å². The molecule has 92 valence electrons. The van der Waals surface area contributed by atoms with Crippen LogP contribution in [0.4, 0.5) is 5.69 Å². The minimum atomic E-state index is -0.518. The molecule has 1 atom stereocenters. The number of rotatable bonds is 2. The van der Waals surface area contributed by atoms with E-state index in [2.05, 4.69) is 6.07 Å². The predicted molar refractivity (Wildman–Crippen MR) is 67.7 cm³/mol. The van der Waals surface area contributed by atoms with Crippen LogP contribution < -0.4 is 5.73 Å². The van der Waals surface area contributed by atoms with E-state index in [4.69, 9.17) is 10.5 Å². The van der Waals surface area contributed by atoms with Gasteiger partial charge in [-0.25, -0.2) is 0 Å². The number of methoxy groups -OCH3 is 1. The van der Waals surface area contributed by atoms with Crippen LogP contribution in [-0.2, 0) is 16.0 Å². The van der Waals surface area contributed by atoms with Crippen molar-refractivity contribution < 1.29 is 9.53 Å². The Morgan fingerprint density at radius 2 is 2.18 bits per heavy atom. The maximum Gasteiger partial charge on any atom is 0.311 e. The number of anilines is 1. The van der Waals surface area contributed by atoms with Gasteiger partial charge < -0.3 is 10.5 Å². The number of benzene rings is 1. The Labute approximate surface area is 102 Å². The van der Waals surface area contributed by atoms with Crippen LogP contribution in [0.25, 0.3) is 0 Å². The topological polar surface area (TPSA) is 52.3 Å². The van der Waals surface area contributed by atoms with Crippen molar-refractivity contribution in [1.29, 1.82) is 0 Å². The van der Waals surface area contributed by atoms with Crippen molar-refractivity contribution in [3.63, 3.8) is 0 Å². The lowest BCUT2D eigenvalue weighted by atomic mass is 9.75. The highest BCUT2D eigenvalue weighted by atomic mass is 16.5. The Hall–Kier alpha value is -1.51. The van der Waals surface area contributed by atoms with Crippen LogP contribution in [0, 0.1) is 5.41 Å². The molecule has 0 heterocycles. The van der Waals surface area contributed by atoms with E-state index in [0.717, 1.165) is 24.1 Å². The minimum absolute atomic E-state index is 0.158. The second kappa shape index (κ2) is 4.06. The van der Waals surface area contributed by atoms with Crippen LogP contribution in [0.5, 0.6) is 0 Å². The molecular weight excluding hydrogens is 214 g/mol. The quantitative estimate of drug-likeness (QED) is 0.630. The third-order valence-corrected chi connectivity index (χ3v) is 3.86. The average Bonchev–Trinajstić information content (AvgIpc) is 2.73. The number of fused-ring (bicyclic) bond motifs is 1. The van der Waals surface area contributed by atoms with Gasteiger partial charge in [0.05, 0.1) is 12.5 Å². The van der Waals surface area contributed by atoms with Gasteiger partial charge in [-0.1, -0.05) is 12.1 Å². The first-order chi connectivity index (χ1) is 7.98. The van der Waals surface area contributed by atoms with Gasteiger partial charge in [0, 0.05) is 11.6 Å². The Bertz CT molecular complexity index is 452. The number of ether oxygens (including phenoxy) is 1. The van der Waals surface area contributed by atoms with E-state index in [1.807, 2.05) is 26.0 Å². The summed E-state index contributed by atoms with van der Waals surface area (Å²) in [4.78, 5) is 11.9. The Morgan fingerprint density at radius 1 is 1.47 bits per heavy atom. The summed E-state index contributed by atoms with van der Waals surface area (Å²) >= 11 is 0. The number of nitrogen functional groups attached to an aromatic ring is 1. The molecule has 0 fully saturated rings. The number of carbonyl (C=O) groups excluding carboxylic acids is 1. The number of hydrogen-bond acceptors (Lipinski definition) is 3. The van der Waals surface area contributed by atoms with Crippen LogP contribution in [-0.4, -0.2) is 13.1 Å². The summed E-state index contributed by atoms with van der Waals surface area (Å²) in [6, 6.07) is 5.98. The van der Waals surface area contributed by atoms with Crippen LogP contribution in [0.1, 0.15) is 37.3 Å². The molecule has 0 aromatic heterocycles. The monoisotopic (exact) mass is 233 g/mol. The Kier molecular flexibility index (Phi) is 2.86. The van der Waals surface area contributed by atoms with Crippen molar-refractivity contribution >= 4 is 11.7 Å². The Morgan fingerprint density at radius 3 is 2.82 bits per heavy atom. The molecule has 17 heavy (non-hydrogen) atoms. The van der Waals surface area contributed by atoms with Crippen molar-refractivity contribution in [2.45, 2.75) is 32.6 Å². The lowest BCUT2D eigenvalue weighted by molar-refractivity contribution is -0.152. The number of esters is 1. The maximum absolute atomic E-state index is 11.9. The van der Waals surface area contributed by atoms with Crippen LogP contribution in [0.15, 0.2) is 18.2 Å². The number of nitrogens with two attached hydrogens (primary N) is 1. The zero-order chi connectivity index (χ0) is 12.6. The molecule has 0 amide bonds. The highest BCUT2D eigenvalue weighted by molar-refractivity contribution is 5.78. The van der Waals surface area contributed by atoms with Gasteiger partial charge in [0.1, 0.15) is 0 Å². The average molecular weight is 233 g/mol. The van der Waals surface area contributed by atoms with E-state index in [0.29, 0.717) is 0 Å². The molecular formula is C14H19NO2. The van der Waals surface area contributed by atoms with Crippen molar-refractivity contribution in [3.8, 4) is 0 Å². The largest absolute Gasteiger partial charge is 0.469 e. The van der Waals surface area contributed by atoms with Crippen LogP contribution in [0.3, 0.4) is 0 Å². The first kappa shape index (κ1) is 12.0. The Balaban J connectivity index is 2.43. The SMILES string of the molecule is COC(=O)C(C)(C)C1CCc2cccc(N)c21. The highest BCUT2D eigenvalue weighted by Gasteiger charge is 2.42. The predicted octanol–water partition coefficient (Wildman–Crippen LogP) is 2.50. The zero-order valence-electron chi connectivity index (χ0n) is 10.6. The number of carbonyl (C=O) groups is 1. The van der Waals surface area contributed by atoms with E-state index in [9.17, 15) is 4.79 Å². The van der Waals surface area contributed by atoms with Crippen molar-refractivity contribution in [1.82, 2.24) is 0 Å². The molecule has 0 radical (unpaired) electrons. The van der Waals surface area contributed by atoms with Crippen molar-refractivity contribution in [2.24, 2.45) is 5.41 Å². The van der Waals surface area contributed by atoms with E-state index in [-0.39, 0.29) is 11.9 Å². The molecule has 1 aromatic carbocycles. The second-order valence-corrected chi connectivity index (χ2v) is 5.22. The molecule has 1 aliphatic rings. The molecule has 3 nitrogen and oxygen atoms in total. The molecule has 0 spiro atoms. The summed E-state index contributed by atoms with van der Waals surface area (Å²) in [5.74, 6) is -0.00949. The van der Waals surface area contributed by atoms with Crippen molar-refractivity contribution in [3.05, 3.63) is 29.3 Å². The fourth-order valence-electron chi connectivity index (χ4n) is 2.85. The third kappa shape index (κ3) is 1.79. The van der Waals surface area contributed by atoms with Gasteiger partial charge in [0.25, 0.3) is 0 Å². The van der Waals surface area contributed by atoms with Gasteiger partial charge in [-0.2, -0.15) is 0 Å². The molecule has 1 unspecified atom stereocenters. The van der Waals surface area contributed by atoms with Gasteiger partial charge in [0.2, 0.25) is 0 Å².